The molecule has 22 heavy (non-hydrogen) atoms. The van der Waals surface area contributed by atoms with E-state index in [4.69, 9.17) is 27.9 Å². The van der Waals surface area contributed by atoms with Crippen molar-refractivity contribution in [2.45, 2.75) is 26.5 Å². The van der Waals surface area contributed by atoms with E-state index in [1.807, 2.05) is 31.2 Å². The molecule has 1 amide bonds. The monoisotopic (exact) mass is 337 g/mol. The smallest absolute Gasteiger partial charge is 0.261 e. The summed E-state index contributed by atoms with van der Waals surface area (Å²) in [5.74, 6) is 0.462. The van der Waals surface area contributed by atoms with Crippen LogP contribution in [0.5, 0.6) is 5.75 Å². The van der Waals surface area contributed by atoms with E-state index in [1.54, 1.807) is 25.1 Å². The average Bonchev–Trinajstić information content (AvgIpc) is 2.48. The second kappa shape index (κ2) is 7.52. The SMILES string of the molecule is Cc1ccc(O[C@H](C)C(=O)NCc2ccc(Cl)cc2Cl)cc1. The molecule has 3 nitrogen and oxygen atoms in total. The molecule has 0 aromatic heterocycles. The summed E-state index contributed by atoms with van der Waals surface area (Å²) in [6, 6.07) is 12.7. The van der Waals surface area contributed by atoms with Crippen molar-refractivity contribution in [1.29, 1.82) is 0 Å². The molecule has 0 aliphatic rings. The molecule has 1 atom stereocenters. The first kappa shape index (κ1) is 16.7. The van der Waals surface area contributed by atoms with Gasteiger partial charge in [-0.15, -0.1) is 0 Å². The summed E-state index contributed by atoms with van der Waals surface area (Å²) in [7, 11) is 0. The van der Waals surface area contributed by atoms with Crippen LogP contribution in [0, 0.1) is 6.92 Å². The van der Waals surface area contributed by atoms with Gasteiger partial charge in [0.25, 0.3) is 5.91 Å². The van der Waals surface area contributed by atoms with Gasteiger partial charge in [-0.1, -0.05) is 47.0 Å². The van der Waals surface area contributed by atoms with Crippen LogP contribution in [0.3, 0.4) is 0 Å². The van der Waals surface area contributed by atoms with Gasteiger partial charge in [-0.3, -0.25) is 4.79 Å². The zero-order valence-corrected chi connectivity index (χ0v) is 13.9. The highest BCUT2D eigenvalue weighted by molar-refractivity contribution is 6.35. The quantitative estimate of drug-likeness (QED) is 0.878. The molecule has 0 fully saturated rings. The molecule has 0 heterocycles. The van der Waals surface area contributed by atoms with Crippen LogP contribution in [-0.4, -0.2) is 12.0 Å². The first-order chi connectivity index (χ1) is 10.5. The Hall–Kier alpha value is -1.71. The lowest BCUT2D eigenvalue weighted by Crippen LogP contribution is -2.35. The normalized spacial score (nSPS) is 11.8. The van der Waals surface area contributed by atoms with E-state index < -0.39 is 6.10 Å². The maximum Gasteiger partial charge on any atom is 0.261 e. The molecule has 0 aliphatic carbocycles. The largest absolute Gasteiger partial charge is 0.481 e. The van der Waals surface area contributed by atoms with Gasteiger partial charge in [0.05, 0.1) is 0 Å². The van der Waals surface area contributed by atoms with Crippen LogP contribution in [0.15, 0.2) is 42.5 Å². The predicted octanol–water partition coefficient (Wildman–Crippen LogP) is 4.39. The lowest BCUT2D eigenvalue weighted by Gasteiger charge is -2.15. The number of carbonyl (C=O) groups is 1. The van der Waals surface area contributed by atoms with E-state index in [0.717, 1.165) is 11.1 Å². The van der Waals surface area contributed by atoms with Gasteiger partial charge < -0.3 is 10.1 Å². The summed E-state index contributed by atoms with van der Waals surface area (Å²) in [5.41, 5.74) is 1.95. The van der Waals surface area contributed by atoms with Crippen LogP contribution in [0.1, 0.15) is 18.1 Å². The summed E-state index contributed by atoms with van der Waals surface area (Å²) in [6.07, 6.45) is -0.589. The number of benzene rings is 2. The Labute approximate surface area is 140 Å². The number of hydrogen-bond acceptors (Lipinski definition) is 2. The molecule has 5 heteroatoms. The third kappa shape index (κ3) is 4.65. The number of amides is 1. The van der Waals surface area contributed by atoms with Crippen molar-refractivity contribution >= 4 is 29.1 Å². The fraction of sp³-hybridized carbons (Fsp3) is 0.235. The van der Waals surface area contributed by atoms with E-state index in [1.165, 1.54) is 0 Å². The molecule has 2 aromatic carbocycles. The number of rotatable bonds is 5. The Balaban J connectivity index is 1.89. The Kier molecular flexibility index (Phi) is 5.69. The third-order valence-corrected chi connectivity index (χ3v) is 3.76. The van der Waals surface area contributed by atoms with Gasteiger partial charge >= 0.3 is 0 Å². The van der Waals surface area contributed by atoms with Gasteiger partial charge in [0.2, 0.25) is 0 Å². The first-order valence-corrected chi connectivity index (χ1v) is 7.66. The first-order valence-electron chi connectivity index (χ1n) is 6.90. The van der Waals surface area contributed by atoms with Crippen molar-refractivity contribution in [3.8, 4) is 5.75 Å². The van der Waals surface area contributed by atoms with Gasteiger partial charge in [0.15, 0.2) is 6.10 Å². The predicted molar refractivity (Wildman–Crippen MR) is 89.6 cm³/mol. The van der Waals surface area contributed by atoms with Crippen LogP contribution in [-0.2, 0) is 11.3 Å². The molecule has 1 N–H and O–H groups in total. The van der Waals surface area contributed by atoms with Gasteiger partial charge in [-0.05, 0) is 43.7 Å². The zero-order chi connectivity index (χ0) is 16.1. The molecule has 116 valence electrons. The van der Waals surface area contributed by atoms with E-state index in [9.17, 15) is 4.79 Å². The fourth-order valence-electron chi connectivity index (χ4n) is 1.87. The van der Waals surface area contributed by atoms with Crippen molar-refractivity contribution in [1.82, 2.24) is 5.32 Å². The summed E-state index contributed by atoms with van der Waals surface area (Å²) in [6.45, 7) is 4.03. The molecular weight excluding hydrogens is 321 g/mol. The molecule has 0 spiro atoms. The fourth-order valence-corrected chi connectivity index (χ4v) is 2.34. The lowest BCUT2D eigenvalue weighted by atomic mass is 10.2. The summed E-state index contributed by atoms with van der Waals surface area (Å²) >= 11 is 11.9. The van der Waals surface area contributed by atoms with Crippen molar-refractivity contribution in [3.63, 3.8) is 0 Å². The number of hydrogen-bond donors (Lipinski definition) is 1. The highest BCUT2D eigenvalue weighted by Gasteiger charge is 2.14. The van der Waals surface area contributed by atoms with Crippen LogP contribution in [0.4, 0.5) is 0 Å². The van der Waals surface area contributed by atoms with Gasteiger partial charge in [0.1, 0.15) is 5.75 Å². The Bertz CT molecular complexity index is 656. The van der Waals surface area contributed by atoms with Crippen LogP contribution in [0.2, 0.25) is 10.0 Å². The molecule has 0 unspecified atom stereocenters. The van der Waals surface area contributed by atoms with Crippen molar-refractivity contribution in [2.24, 2.45) is 0 Å². The highest BCUT2D eigenvalue weighted by Crippen LogP contribution is 2.20. The highest BCUT2D eigenvalue weighted by atomic mass is 35.5. The minimum Gasteiger partial charge on any atom is -0.481 e. The van der Waals surface area contributed by atoms with Gasteiger partial charge in [0, 0.05) is 16.6 Å². The maximum atomic E-state index is 12.1. The number of halogens is 2. The van der Waals surface area contributed by atoms with Crippen LogP contribution >= 0.6 is 23.2 Å². The van der Waals surface area contributed by atoms with E-state index in [-0.39, 0.29) is 5.91 Å². The minimum absolute atomic E-state index is 0.202. The van der Waals surface area contributed by atoms with Crippen molar-refractivity contribution < 1.29 is 9.53 Å². The Morgan fingerprint density at radius 2 is 1.86 bits per heavy atom. The Morgan fingerprint density at radius 1 is 1.18 bits per heavy atom. The molecular formula is C17H17Cl2NO2. The third-order valence-electron chi connectivity index (χ3n) is 3.17. The molecule has 0 bridgehead atoms. The minimum atomic E-state index is -0.589. The summed E-state index contributed by atoms with van der Waals surface area (Å²) in [4.78, 5) is 12.1. The van der Waals surface area contributed by atoms with Crippen LogP contribution in [0.25, 0.3) is 0 Å². The van der Waals surface area contributed by atoms with Crippen LogP contribution < -0.4 is 10.1 Å². The van der Waals surface area contributed by atoms with E-state index in [2.05, 4.69) is 5.32 Å². The zero-order valence-electron chi connectivity index (χ0n) is 12.4. The number of nitrogens with one attached hydrogen (secondary N) is 1. The molecule has 0 saturated carbocycles. The van der Waals surface area contributed by atoms with Crippen molar-refractivity contribution in [3.05, 3.63) is 63.6 Å². The van der Waals surface area contributed by atoms with Crippen molar-refractivity contribution in [2.75, 3.05) is 0 Å². The topological polar surface area (TPSA) is 38.3 Å². The molecule has 2 aromatic rings. The Morgan fingerprint density at radius 3 is 2.50 bits per heavy atom. The number of carbonyl (C=O) groups excluding carboxylic acids is 1. The number of ether oxygens (including phenoxy) is 1. The standard InChI is InChI=1S/C17H17Cl2NO2/c1-11-3-7-15(8-4-11)22-12(2)17(21)20-10-13-5-6-14(18)9-16(13)19/h3-9,12H,10H2,1-2H3,(H,20,21)/t12-/m1/s1. The second-order valence-corrected chi connectivity index (χ2v) is 5.87. The second-order valence-electron chi connectivity index (χ2n) is 5.03. The van der Waals surface area contributed by atoms with Gasteiger partial charge in [-0.25, -0.2) is 0 Å². The van der Waals surface area contributed by atoms with E-state index >= 15 is 0 Å². The molecule has 0 aliphatic heterocycles. The average molecular weight is 338 g/mol. The molecule has 2 rings (SSSR count). The molecule has 0 radical (unpaired) electrons. The maximum absolute atomic E-state index is 12.1. The van der Waals surface area contributed by atoms with Gasteiger partial charge in [-0.2, -0.15) is 0 Å². The lowest BCUT2D eigenvalue weighted by molar-refractivity contribution is -0.127. The molecule has 0 saturated heterocycles. The number of aryl methyl sites for hydroxylation is 1. The summed E-state index contributed by atoms with van der Waals surface area (Å²) in [5, 5.41) is 3.89. The van der Waals surface area contributed by atoms with E-state index in [0.29, 0.717) is 22.3 Å². The summed E-state index contributed by atoms with van der Waals surface area (Å²) < 4.78 is 5.60.